The van der Waals surface area contributed by atoms with Crippen LogP contribution in [-0.4, -0.2) is 88.3 Å². The molecule has 188 valence electrons. The number of hydrogen-bond donors (Lipinski definition) is 9. The summed E-state index contributed by atoms with van der Waals surface area (Å²) in [5, 5.41) is 34.2. The first-order valence-electron chi connectivity index (χ1n) is 10.1. The summed E-state index contributed by atoms with van der Waals surface area (Å²) in [6, 6.07) is -5.57. The normalized spacial score (nSPS) is 14.3. The Morgan fingerprint density at radius 3 is 1.91 bits per heavy atom. The summed E-state index contributed by atoms with van der Waals surface area (Å²) in [6.45, 7) is 2.40. The molecule has 0 aliphatic heterocycles. The van der Waals surface area contributed by atoms with Crippen molar-refractivity contribution in [2.75, 3.05) is 13.2 Å². The van der Waals surface area contributed by atoms with E-state index in [-0.39, 0.29) is 18.9 Å². The molecule has 0 radical (unpaired) electrons. The van der Waals surface area contributed by atoms with E-state index in [1.807, 2.05) is 0 Å². The average molecular weight is 476 g/mol. The minimum absolute atomic E-state index is 0.128. The first-order chi connectivity index (χ1) is 15.3. The van der Waals surface area contributed by atoms with Crippen LogP contribution in [0.2, 0.25) is 0 Å². The molecule has 15 nitrogen and oxygen atoms in total. The number of guanidine groups is 1. The van der Waals surface area contributed by atoms with Crippen molar-refractivity contribution in [1.82, 2.24) is 16.0 Å². The van der Waals surface area contributed by atoms with Crippen LogP contribution < -0.4 is 33.2 Å². The molecule has 0 saturated heterocycles. The molecule has 0 aromatic rings. The van der Waals surface area contributed by atoms with Gasteiger partial charge in [0, 0.05) is 6.54 Å². The highest BCUT2D eigenvalue weighted by Crippen LogP contribution is 2.03. The molecule has 0 spiro atoms. The maximum absolute atomic E-state index is 12.5. The molecule has 0 aliphatic carbocycles. The van der Waals surface area contributed by atoms with E-state index < -0.39 is 72.8 Å². The second-order valence-electron chi connectivity index (χ2n) is 7.53. The number of aliphatic hydroxyl groups excluding tert-OH is 1. The van der Waals surface area contributed by atoms with Gasteiger partial charge in [-0.2, -0.15) is 0 Å². The number of nitrogens with one attached hydrogen (secondary N) is 3. The lowest BCUT2D eigenvalue weighted by Crippen LogP contribution is -2.58. The smallest absolute Gasteiger partial charge is 0.326 e. The summed E-state index contributed by atoms with van der Waals surface area (Å²) in [5.41, 5.74) is 16.1. The molecular formula is C18H33N7O8. The number of hydrogen-bond acceptors (Lipinski definition) is 8. The van der Waals surface area contributed by atoms with Gasteiger partial charge in [0.05, 0.1) is 19.1 Å². The summed E-state index contributed by atoms with van der Waals surface area (Å²) < 4.78 is 0. The molecule has 4 atom stereocenters. The Kier molecular flexibility index (Phi) is 13.0. The minimum atomic E-state index is -1.61. The van der Waals surface area contributed by atoms with Gasteiger partial charge in [0.2, 0.25) is 17.7 Å². The van der Waals surface area contributed by atoms with E-state index in [9.17, 15) is 29.1 Å². The van der Waals surface area contributed by atoms with Gasteiger partial charge in [0.25, 0.3) is 0 Å². The molecule has 4 unspecified atom stereocenters. The fourth-order valence-corrected chi connectivity index (χ4v) is 2.55. The second-order valence-corrected chi connectivity index (χ2v) is 7.53. The maximum Gasteiger partial charge on any atom is 0.326 e. The zero-order valence-corrected chi connectivity index (χ0v) is 18.5. The highest BCUT2D eigenvalue weighted by atomic mass is 16.4. The van der Waals surface area contributed by atoms with Gasteiger partial charge >= 0.3 is 11.9 Å². The van der Waals surface area contributed by atoms with Crippen molar-refractivity contribution in [2.24, 2.45) is 28.1 Å². The number of nitrogens with two attached hydrogens (primary N) is 3. The summed E-state index contributed by atoms with van der Waals surface area (Å²) in [6.07, 6.45) is -0.352. The molecular weight excluding hydrogens is 442 g/mol. The first-order valence-corrected chi connectivity index (χ1v) is 10.1. The topological polar surface area (TPSA) is 273 Å². The van der Waals surface area contributed by atoms with Crippen molar-refractivity contribution in [3.05, 3.63) is 0 Å². The van der Waals surface area contributed by atoms with Gasteiger partial charge in [-0.15, -0.1) is 0 Å². The molecule has 0 rings (SSSR count). The Balaban J connectivity index is 5.16. The number of rotatable bonds is 15. The van der Waals surface area contributed by atoms with Crippen LogP contribution in [0.4, 0.5) is 0 Å². The number of aliphatic hydroxyl groups is 1. The number of amides is 3. The second kappa shape index (κ2) is 14.6. The number of carbonyl (C=O) groups is 5. The average Bonchev–Trinajstić information content (AvgIpc) is 2.71. The van der Waals surface area contributed by atoms with Crippen molar-refractivity contribution in [2.45, 2.75) is 57.3 Å². The molecule has 0 bridgehead atoms. The quantitative estimate of drug-likeness (QED) is 0.0625. The fourth-order valence-electron chi connectivity index (χ4n) is 2.55. The van der Waals surface area contributed by atoms with Gasteiger partial charge in [0.1, 0.15) is 18.1 Å². The van der Waals surface area contributed by atoms with Gasteiger partial charge in [-0.1, -0.05) is 13.8 Å². The molecule has 0 aliphatic rings. The monoisotopic (exact) mass is 475 g/mol. The third-order valence-electron chi connectivity index (χ3n) is 4.36. The number of carboxylic acid groups (broad SMARTS) is 2. The van der Waals surface area contributed by atoms with Gasteiger partial charge in [-0.05, 0) is 18.8 Å². The van der Waals surface area contributed by atoms with Crippen molar-refractivity contribution < 1.29 is 39.3 Å². The molecule has 12 N–H and O–H groups in total. The molecule has 15 heteroatoms. The van der Waals surface area contributed by atoms with Crippen molar-refractivity contribution in [3.8, 4) is 0 Å². The Morgan fingerprint density at radius 1 is 0.909 bits per heavy atom. The zero-order chi connectivity index (χ0) is 25.7. The van der Waals surface area contributed by atoms with Gasteiger partial charge in [-0.25, -0.2) is 4.79 Å². The van der Waals surface area contributed by atoms with Gasteiger partial charge in [-0.3, -0.25) is 24.2 Å². The molecule has 0 heterocycles. The number of carbonyl (C=O) groups excluding carboxylic acids is 3. The van der Waals surface area contributed by atoms with Crippen molar-refractivity contribution in [1.29, 1.82) is 0 Å². The Hall–Kier alpha value is -3.46. The zero-order valence-electron chi connectivity index (χ0n) is 18.5. The summed E-state index contributed by atoms with van der Waals surface area (Å²) in [4.78, 5) is 63.2. The Bertz CT molecular complexity index is 739. The molecule has 0 aromatic heterocycles. The fraction of sp³-hybridized carbons (Fsp3) is 0.667. The van der Waals surface area contributed by atoms with E-state index in [1.54, 1.807) is 13.8 Å². The van der Waals surface area contributed by atoms with Crippen molar-refractivity contribution >= 4 is 35.6 Å². The molecule has 0 saturated carbocycles. The van der Waals surface area contributed by atoms with E-state index in [1.165, 1.54) is 0 Å². The molecule has 33 heavy (non-hydrogen) atoms. The lowest BCUT2D eigenvalue weighted by atomic mass is 10.0. The predicted octanol–water partition coefficient (Wildman–Crippen LogP) is -3.97. The van der Waals surface area contributed by atoms with Crippen LogP contribution in [0.5, 0.6) is 0 Å². The number of aliphatic imine (C=N–C) groups is 1. The Morgan fingerprint density at radius 2 is 1.45 bits per heavy atom. The SMILES string of the molecule is CC(C)C(NC(=O)C(CO)NC(=O)C(CC(=O)O)NC(=O)C(N)CCCN=C(N)N)C(=O)O. The van der Waals surface area contributed by atoms with Crippen LogP contribution in [0.15, 0.2) is 4.99 Å². The molecule has 3 amide bonds. The number of nitrogens with zero attached hydrogens (tertiary/aromatic N) is 1. The van der Waals surface area contributed by atoms with Crippen LogP contribution >= 0.6 is 0 Å². The van der Waals surface area contributed by atoms with Gasteiger partial charge in [0.15, 0.2) is 5.96 Å². The third kappa shape index (κ3) is 11.6. The maximum atomic E-state index is 12.5. The van der Waals surface area contributed by atoms with E-state index >= 15 is 0 Å². The van der Waals surface area contributed by atoms with Crippen LogP contribution in [0.3, 0.4) is 0 Å². The summed E-state index contributed by atoms with van der Waals surface area (Å²) >= 11 is 0. The van der Waals surface area contributed by atoms with E-state index in [2.05, 4.69) is 20.9 Å². The molecule has 0 aromatic carbocycles. The van der Waals surface area contributed by atoms with Crippen LogP contribution in [0.1, 0.15) is 33.1 Å². The first kappa shape index (κ1) is 29.5. The number of aliphatic carboxylic acids is 2. The summed E-state index contributed by atoms with van der Waals surface area (Å²) in [7, 11) is 0. The molecule has 0 fully saturated rings. The highest BCUT2D eigenvalue weighted by molar-refractivity contribution is 5.95. The lowest BCUT2D eigenvalue weighted by molar-refractivity contribution is -0.144. The summed E-state index contributed by atoms with van der Waals surface area (Å²) in [5.74, 6) is -6.26. The van der Waals surface area contributed by atoms with Gasteiger partial charge < -0.3 is 48.5 Å². The third-order valence-corrected chi connectivity index (χ3v) is 4.36. The minimum Gasteiger partial charge on any atom is -0.481 e. The standard InChI is InChI=1S/C18H33N7O8/c1-8(2)13(17(32)33)25-16(31)11(7-26)24-15(30)10(6-12(27)28)23-14(29)9(19)4-3-5-22-18(20)21/h8-11,13,26H,3-7,19H2,1-2H3,(H,23,29)(H,24,30)(H,25,31)(H,27,28)(H,32,33)(H4,20,21,22). The van der Waals surface area contributed by atoms with E-state index in [0.29, 0.717) is 6.42 Å². The highest BCUT2D eigenvalue weighted by Gasteiger charge is 2.31. The van der Waals surface area contributed by atoms with Crippen LogP contribution in [-0.2, 0) is 24.0 Å². The largest absolute Gasteiger partial charge is 0.481 e. The van der Waals surface area contributed by atoms with E-state index in [4.69, 9.17) is 27.4 Å². The predicted molar refractivity (Wildman–Crippen MR) is 115 cm³/mol. The van der Waals surface area contributed by atoms with E-state index in [0.717, 1.165) is 0 Å². The van der Waals surface area contributed by atoms with Crippen LogP contribution in [0, 0.1) is 5.92 Å². The Labute approximate surface area is 190 Å². The number of carboxylic acids is 2. The van der Waals surface area contributed by atoms with Crippen LogP contribution in [0.25, 0.3) is 0 Å². The van der Waals surface area contributed by atoms with Crippen molar-refractivity contribution in [3.63, 3.8) is 0 Å². The lowest BCUT2D eigenvalue weighted by Gasteiger charge is -2.24.